The molecule has 0 radical (unpaired) electrons. The Hall–Kier alpha value is -2.37. The van der Waals surface area contributed by atoms with Gasteiger partial charge in [0.1, 0.15) is 5.75 Å². The molecule has 2 aromatic carbocycles. The molecule has 0 unspecified atom stereocenters. The molecular weight excluding hydrogens is 512 g/mol. The van der Waals surface area contributed by atoms with Gasteiger partial charge in [-0.15, -0.1) is 0 Å². The van der Waals surface area contributed by atoms with Crippen molar-refractivity contribution in [2.24, 2.45) is 0 Å². The highest BCUT2D eigenvalue weighted by atomic mass is 35.5. The van der Waals surface area contributed by atoms with Gasteiger partial charge in [-0.25, -0.2) is 0 Å². The molecule has 1 aromatic heterocycles. The molecule has 0 saturated heterocycles. The molecular formula is C32H44ClN2O2S+. The number of benzene rings is 2. The number of nitrogens with one attached hydrogen (secondary N) is 1. The molecule has 0 aliphatic rings. The van der Waals surface area contributed by atoms with Crippen LogP contribution in [0.2, 0.25) is 5.02 Å². The molecule has 3 aromatic rings. The van der Waals surface area contributed by atoms with Gasteiger partial charge >= 0.3 is 0 Å². The maximum Gasteiger partial charge on any atom is 0.259 e. The molecule has 4 nitrogen and oxygen atoms in total. The van der Waals surface area contributed by atoms with E-state index in [-0.39, 0.29) is 5.91 Å². The number of hydrogen-bond donors (Lipinski definition) is 1. The van der Waals surface area contributed by atoms with Crippen LogP contribution >= 0.6 is 22.9 Å². The SMILES string of the molecule is CCCCCCCCCCCCCCOc1cc(Cl)ccc1C(=O)Nc1cccc(C[n+]2csc(C)c2)c1. The average Bonchev–Trinajstić information content (AvgIpc) is 3.31. The van der Waals surface area contributed by atoms with E-state index in [0.717, 1.165) is 30.6 Å². The quantitative estimate of drug-likeness (QED) is 0.125. The van der Waals surface area contributed by atoms with E-state index in [1.54, 1.807) is 29.5 Å². The third-order valence-corrected chi connectivity index (χ3v) is 7.80. The number of thiazole rings is 1. The highest BCUT2D eigenvalue weighted by molar-refractivity contribution is 7.09. The topological polar surface area (TPSA) is 42.2 Å². The molecule has 1 N–H and O–H groups in total. The van der Waals surface area contributed by atoms with Gasteiger partial charge in [-0.1, -0.05) is 113 Å². The number of aryl methyl sites for hydroxylation is 1. The van der Waals surface area contributed by atoms with Gasteiger partial charge in [0.15, 0.2) is 12.7 Å². The normalized spacial score (nSPS) is 11.0. The lowest BCUT2D eigenvalue weighted by Crippen LogP contribution is -2.30. The number of anilines is 1. The fourth-order valence-corrected chi connectivity index (χ4v) is 5.41. The molecule has 1 heterocycles. The first-order valence-electron chi connectivity index (χ1n) is 14.3. The lowest BCUT2D eigenvalue weighted by Gasteiger charge is -2.13. The molecule has 0 aliphatic carbocycles. The summed E-state index contributed by atoms with van der Waals surface area (Å²) in [4.78, 5) is 14.4. The number of ether oxygens (including phenoxy) is 1. The maximum atomic E-state index is 13.1. The van der Waals surface area contributed by atoms with Crippen molar-refractivity contribution < 1.29 is 14.1 Å². The minimum Gasteiger partial charge on any atom is -0.493 e. The van der Waals surface area contributed by atoms with Crippen molar-refractivity contribution in [3.63, 3.8) is 0 Å². The van der Waals surface area contributed by atoms with Gasteiger partial charge < -0.3 is 10.1 Å². The van der Waals surface area contributed by atoms with E-state index < -0.39 is 0 Å². The molecule has 0 bridgehead atoms. The number of amides is 1. The summed E-state index contributed by atoms with van der Waals surface area (Å²) in [6.07, 6.45) is 17.7. The standard InChI is InChI=1S/C32H43ClN2O2S/c1-3-4-5-6-7-8-9-10-11-12-13-14-20-37-31-22-28(33)18-19-30(31)32(36)34-29-17-15-16-27(21-29)24-35-23-26(2)38-25-35/h15-19,21-23,25H,3-14,20,24H2,1-2H3/p+1. The first-order chi connectivity index (χ1) is 18.5. The van der Waals surface area contributed by atoms with Crippen LogP contribution in [0.4, 0.5) is 5.69 Å². The number of carbonyl (C=O) groups is 1. The number of halogens is 1. The number of hydrogen-bond acceptors (Lipinski definition) is 3. The Kier molecular flexibility index (Phi) is 13.7. The predicted octanol–water partition coefficient (Wildman–Crippen LogP) is 9.38. The van der Waals surface area contributed by atoms with Gasteiger partial charge in [-0.2, -0.15) is 4.57 Å². The molecule has 0 spiro atoms. The second-order valence-electron chi connectivity index (χ2n) is 10.2. The highest BCUT2D eigenvalue weighted by Gasteiger charge is 2.15. The van der Waals surface area contributed by atoms with E-state index in [0.29, 0.717) is 22.9 Å². The Labute approximate surface area is 238 Å². The summed E-state index contributed by atoms with van der Waals surface area (Å²) in [5.74, 6) is 0.348. The summed E-state index contributed by atoms with van der Waals surface area (Å²) in [5.41, 5.74) is 4.50. The van der Waals surface area contributed by atoms with Crippen molar-refractivity contribution in [1.82, 2.24) is 0 Å². The molecule has 6 heteroatoms. The Morgan fingerprint density at radius 3 is 2.26 bits per heavy atom. The van der Waals surface area contributed by atoms with Gasteiger partial charge in [0.2, 0.25) is 5.51 Å². The number of aromatic nitrogens is 1. The molecule has 0 fully saturated rings. The molecule has 206 valence electrons. The lowest BCUT2D eigenvalue weighted by atomic mass is 10.1. The van der Waals surface area contributed by atoms with Gasteiger partial charge in [-0.05, 0) is 43.7 Å². The van der Waals surface area contributed by atoms with Crippen LogP contribution in [0.1, 0.15) is 105 Å². The maximum absolute atomic E-state index is 13.1. The number of nitrogens with zero attached hydrogens (tertiary/aromatic N) is 1. The van der Waals surface area contributed by atoms with Crippen LogP contribution in [0, 0.1) is 6.92 Å². The van der Waals surface area contributed by atoms with Crippen LogP contribution in [0.5, 0.6) is 5.75 Å². The zero-order chi connectivity index (χ0) is 27.0. The van der Waals surface area contributed by atoms with Gasteiger partial charge in [0.25, 0.3) is 5.91 Å². The fourth-order valence-electron chi connectivity index (χ4n) is 4.61. The first kappa shape index (κ1) is 30.2. The summed E-state index contributed by atoms with van der Waals surface area (Å²) in [5, 5.41) is 3.60. The Bertz CT molecular complexity index is 1110. The van der Waals surface area contributed by atoms with Crippen molar-refractivity contribution in [3.05, 3.63) is 75.2 Å². The van der Waals surface area contributed by atoms with Crippen LogP contribution in [0.15, 0.2) is 54.2 Å². The van der Waals surface area contributed by atoms with E-state index in [4.69, 9.17) is 16.3 Å². The number of unbranched alkanes of at least 4 members (excludes halogenated alkanes) is 11. The summed E-state index contributed by atoms with van der Waals surface area (Å²) in [6, 6.07) is 13.2. The minimum absolute atomic E-state index is 0.192. The van der Waals surface area contributed by atoms with Gasteiger partial charge in [-0.3, -0.25) is 4.79 Å². The van der Waals surface area contributed by atoms with Crippen LogP contribution in [-0.4, -0.2) is 12.5 Å². The lowest BCUT2D eigenvalue weighted by molar-refractivity contribution is -0.683. The minimum atomic E-state index is -0.192. The number of rotatable bonds is 18. The molecule has 1 amide bonds. The average molecular weight is 556 g/mol. The Balaban J connectivity index is 1.40. The van der Waals surface area contributed by atoms with E-state index in [2.05, 4.69) is 41.5 Å². The number of carbonyl (C=O) groups excluding carboxylic acids is 1. The van der Waals surface area contributed by atoms with Crippen molar-refractivity contribution in [2.75, 3.05) is 11.9 Å². The fraction of sp³-hybridized carbons (Fsp3) is 0.500. The first-order valence-corrected chi connectivity index (χ1v) is 15.6. The molecule has 38 heavy (non-hydrogen) atoms. The molecule has 0 aliphatic heterocycles. The van der Waals surface area contributed by atoms with Gasteiger partial charge in [0, 0.05) is 16.3 Å². The summed E-state index contributed by atoms with van der Waals surface area (Å²) in [6.45, 7) is 5.72. The highest BCUT2D eigenvalue weighted by Crippen LogP contribution is 2.25. The third kappa shape index (κ3) is 11.2. The zero-order valence-electron chi connectivity index (χ0n) is 23.1. The van der Waals surface area contributed by atoms with Crippen LogP contribution in [0.3, 0.4) is 0 Å². The van der Waals surface area contributed by atoms with E-state index in [1.807, 2.05) is 18.2 Å². The van der Waals surface area contributed by atoms with E-state index >= 15 is 0 Å². The monoisotopic (exact) mass is 555 g/mol. The van der Waals surface area contributed by atoms with E-state index in [1.165, 1.54) is 69.1 Å². The van der Waals surface area contributed by atoms with Crippen LogP contribution in [0.25, 0.3) is 0 Å². The predicted molar refractivity (Wildman–Crippen MR) is 161 cm³/mol. The zero-order valence-corrected chi connectivity index (χ0v) is 24.7. The third-order valence-electron chi connectivity index (χ3n) is 6.72. The summed E-state index contributed by atoms with van der Waals surface area (Å²) >= 11 is 7.95. The van der Waals surface area contributed by atoms with Gasteiger partial charge in [0.05, 0.1) is 17.0 Å². The molecule has 3 rings (SSSR count). The molecule has 0 saturated carbocycles. The van der Waals surface area contributed by atoms with Crippen molar-refractivity contribution in [3.8, 4) is 5.75 Å². The summed E-state index contributed by atoms with van der Waals surface area (Å²) in [7, 11) is 0. The van der Waals surface area contributed by atoms with Crippen LogP contribution in [-0.2, 0) is 6.54 Å². The smallest absolute Gasteiger partial charge is 0.259 e. The summed E-state index contributed by atoms with van der Waals surface area (Å²) < 4.78 is 8.18. The van der Waals surface area contributed by atoms with Crippen molar-refractivity contribution in [1.29, 1.82) is 0 Å². The Morgan fingerprint density at radius 2 is 1.61 bits per heavy atom. The second-order valence-corrected chi connectivity index (χ2v) is 11.7. The van der Waals surface area contributed by atoms with E-state index in [9.17, 15) is 4.79 Å². The van der Waals surface area contributed by atoms with Crippen molar-refractivity contribution >= 4 is 34.5 Å². The van der Waals surface area contributed by atoms with Crippen LogP contribution < -0.4 is 14.6 Å². The molecule has 0 atom stereocenters. The Morgan fingerprint density at radius 1 is 0.921 bits per heavy atom. The second kappa shape index (κ2) is 17.3. The largest absolute Gasteiger partial charge is 0.493 e. The van der Waals surface area contributed by atoms with Crippen molar-refractivity contribution in [2.45, 2.75) is 97.4 Å².